The van der Waals surface area contributed by atoms with Gasteiger partial charge in [-0.05, 0) is 12.3 Å². The third-order valence-electron chi connectivity index (χ3n) is 2.74. The average molecular weight is 170 g/mol. The van der Waals surface area contributed by atoms with E-state index >= 15 is 0 Å². The molecular weight excluding hydrogens is 148 g/mol. The van der Waals surface area contributed by atoms with E-state index in [9.17, 15) is 5.11 Å². The van der Waals surface area contributed by atoms with Crippen LogP contribution in [0.2, 0.25) is 0 Å². The molecule has 0 rings (SSSR count). The monoisotopic (exact) mass is 170 g/mol. The molecule has 0 saturated heterocycles. The highest BCUT2D eigenvalue weighted by atomic mass is 16.3. The molecular formula is C11H22O. The van der Waals surface area contributed by atoms with Crippen molar-refractivity contribution >= 4 is 0 Å². The molecule has 0 amide bonds. The van der Waals surface area contributed by atoms with Crippen molar-refractivity contribution in [2.45, 2.75) is 46.1 Å². The van der Waals surface area contributed by atoms with Gasteiger partial charge in [0.15, 0.2) is 0 Å². The Hall–Kier alpha value is -0.300. The Balaban J connectivity index is 4.11. The van der Waals surface area contributed by atoms with Crippen molar-refractivity contribution in [3.63, 3.8) is 0 Å². The highest BCUT2D eigenvalue weighted by Crippen LogP contribution is 2.22. The normalized spacial score (nSPS) is 16.1. The van der Waals surface area contributed by atoms with Crippen molar-refractivity contribution in [3.05, 3.63) is 12.7 Å². The van der Waals surface area contributed by atoms with Gasteiger partial charge in [-0.3, -0.25) is 0 Å². The molecule has 0 bridgehead atoms. The maximum absolute atomic E-state index is 9.90. The highest BCUT2D eigenvalue weighted by Gasteiger charge is 2.21. The number of hydrogen-bond acceptors (Lipinski definition) is 1. The van der Waals surface area contributed by atoms with E-state index in [1.54, 1.807) is 0 Å². The molecule has 1 heteroatoms. The van der Waals surface area contributed by atoms with Gasteiger partial charge in [0.05, 0.1) is 6.10 Å². The van der Waals surface area contributed by atoms with E-state index in [2.05, 4.69) is 27.4 Å². The summed E-state index contributed by atoms with van der Waals surface area (Å²) in [4.78, 5) is 0. The maximum atomic E-state index is 9.90. The van der Waals surface area contributed by atoms with E-state index in [1.165, 1.54) is 0 Å². The van der Waals surface area contributed by atoms with Gasteiger partial charge in [-0.1, -0.05) is 39.7 Å². The lowest BCUT2D eigenvalue weighted by Gasteiger charge is -2.25. The average Bonchev–Trinajstić information content (AvgIpc) is 2.09. The van der Waals surface area contributed by atoms with Crippen LogP contribution in [-0.4, -0.2) is 11.2 Å². The Labute approximate surface area is 76.5 Å². The molecule has 0 unspecified atom stereocenters. The molecule has 72 valence electrons. The number of aliphatic hydroxyl groups excluding tert-OH is 1. The highest BCUT2D eigenvalue weighted by molar-refractivity contribution is 4.86. The zero-order valence-electron chi connectivity index (χ0n) is 8.59. The predicted molar refractivity (Wildman–Crippen MR) is 54.1 cm³/mol. The molecule has 0 aromatic carbocycles. The van der Waals surface area contributed by atoms with Crippen molar-refractivity contribution in [1.29, 1.82) is 0 Å². The second-order valence-corrected chi connectivity index (χ2v) is 3.37. The first-order valence-corrected chi connectivity index (χ1v) is 5.01. The smallest absolute Gasteiger partial charge is 0.0630 e. The molecule has 0 aromatic heterocycles. The standard InChI is InChI=1S/C11H22O/c1-5-9(6-2)11(12)10(7-3)8-4/h5,9-12H,1,6-8H2,2-4H3/t9-,11+/m1/s1. The second-order valence-electron chi connectivity index (χ2n) is 3.37. The molecule has 0 fully saturated rings. The minimum atomic E-state index is -0.192. The first kappa shape index (κ1) is 11.7. The molecule has 12 heavy (non-hydrogen) atoms. The number of hydrogen-bond donors (Lipinski definition) is 1. The van der Waals surface area contributed by atoms with Crippen molar-refractivity contribution in [1.82, 2.24) is 0 Å². The van der Waals surface area contributed by atoms with Crippen LogP contribution in [0.15, 0.2) is 12.7 Å². The minimum Gasteiger partial charge on any atom is -0.392 e. The van der Waals surface area contributed by atoms with Crippen LogP contribution < -0.4 is 0 Å². The molecule has 0 saturated carbocycles. The lowest BCUT2D eigenvalue weighted by Crippen LogP contribution is -2.26. The summed E-state index contributed by atoms with van der Waals surface area (Å²) in [6, 6.07) is 0. The zero-order chi connectivity index (χ0) is 9.56. The fourth-order valence-electron chi connectivity index (χ4n) is 1.67. The second kappa shape index (κ2) is 6.24. The Kier molecular flexibility index (Phi) is 6.09. The summed E-state index contributed by atoms with van der Waals surface area (Å²) < 4.78 is 0. The van der Waals surface area contributed by atoms with E-state index in [0.29, 0.717) is 5.92 Å². The molecule has 0 spiro atoms. The van der Waals surface area contributed by atoms with Gasteiger partial charge < -0.3 is 5.11 Å². The topological polar surface area (TPSA) is 20.2 Å². The van der Waals surface area contributed by atoms with Crippen LogP contribution in [0.3, 0.4) is 0 Å². The van der Waals surface area contributed by atoms with E-state index < -0.39 is 0 Å². The molecule has 1 nitrogen and oxygen atoms in total. The van der Waals surface area contributed by atoms with Crippen molar-refractivity contribution < 1.29 is 5.11 Å². The molecule has 0 aromatic rings. The Morgan fingerprint density at radius 1 is 1.17 bits per heavy atom. The van der Waals surface area contributed by atoms with Crippen LogP contribution in [0, 0.1) is 11.8 Å². The lowest BCUT2D eigenvalue weighted by molar-refractivity contribution is 0.0631. The predicted octanol–water partition coefficient (Wildman–Crippen LogP) is 3.00. The summed E-state index contributed by atoms with van der Waals surface area (Å²) in [5.41, 5.74) is 0. The largest absolute Gasteiger partial charge is 0.392 e. The van der Waals surface area contributed by atoms with Gasteiger partial charge in [-0.15, -0.1) is 6.58 Å². The molecule has 0 radical (unpaired) electrons. The van der Waals surface area contributed by atoms with Crippen LogP contribution in [-0.2, 0) is 0 Å². The summed E-state index contributed by atoms with van der Waals surface area (Å²) in [6.07, 6.45) is 4.79. The summed E-state index contributed by atoms with van der Waals surface area (Å²) in [5.74, 6) is 0.711. The SMILES string of the molecule is C=C[C@H](CC)[C@H](O)C(CC)CC. The summed E-state index contributed by atoms with van der Waals surface area (Å²) >= 11 is 0. The van der Waals surface area contributed by atoms with Crippen LogP contribution in [0.1, 0.15) is 40.0 Å². The molecule has 0 heterocycles. The molecule has 0 aliphatic carbocycles. The fraction of sp³-hybridized carbons (Fsp3) is 0.818. The van der Waals surface area contributed by atoms with Gasteiger partial charge in [0, 0.05) is 5.92 Å². The first-order chi connectivity index (χ1) is 5.71. The summed E-state index contributed by atoms with van der Waals surface area (Å²) in [6.45, 7) is 10.1. The van der Waals surface area contributed by atoms with Crippen molar-refractivity contribution in [3.8, 4) is 0 Å². The van der Waals surface area contributed by atoms with Crippen molar-refractivity contribution in [2.24, 2.45) is 11.8 Å². The van der Waals surface area contributed by atoms with E-state index in [4.69, 9.17) is 0 Å². The quantitative estimate of drug-likeness (QED) is 0.608. The van der Waals surface area contributed by atoms with E-state index in [0.717, 1.165) is 19.3 Å². The Morgan fingerprint density at radius 3 is 1.92 bits per heavy atom. The Morgan fingerprint density at radius 2 is 1.67 bits per heavy atom. The number of aliphatic hydroxyl groups is 1. The van der Waals surface area contributed by atoms with Crippen LogP contribution in [0.5, 0.6) is 0 Å². The van der Waals surface area contributed by atoms with Crippen LogP contribution >= 0.6 is 0 Å². The summed E-state index contributed by atoms with van der Waals surface area (Å²) in [5, 5.41) is 9.90. The number of rotatable bonds is 6. The van der Waals surface area contributed by atoms with E-state index in [1.807, 2.05) is 6.08 Å². The third kappa shape index (κ3) is 2.98. The Bertz CT molecular complexity index is 116. The van der Waals surface area contributed by atoms with Crippen LogP contribution in [0.25, 0.3) is 0 Å². The molecule has 2 atom stereocenters. The fourth-order valence-corrected chi connectivity index (χ4v) is 1.67. The van der Waals surface area contributed by atoms with E-state index in [-0.39, 0.29) is 12.0 Å². The van der Waals surface area contributed by atoms with Crippen molar-refractivity contribution in [2.75, 3.05) is 0 Å². The lowest BCUT2D eigenvalue weighted by atomic mass is 9.86. The molecule has 0 aliphatic rings. The maximum Gasteiger partial charge on any atom is 0.0630 e. The minimum absolute atomic E-state index is 0.192. The molecule has 1 N–H and O–H groups in total. The summed E-state index contributed by atoms with van der Waals surface area (Å²) in [7, 11) is 0. The van der Waals surface area contributed by atoms with Gasteiger partial charge >= 0.3 is 0 Å². The van der Waals surface area contributed by atoms with Crippen LogP contribution in [0.4, 0.5) is 0 Å². The third-order valence-corrected chi connectivity index (χ3v) is 2.74. The van der Waals surface area contributed by atoms with Gasteiger partial charge in [0.25, 0.3) is 0 Å². The van der Waals surface area contributed by atoms with Gasteiger partial charge in [-0.2, -0.15) is 0 Å². The van der Waals surface area contributed by atoms with Gasteiger partial charge in [0.1, 0.15) is 0 Å². The molecule has 0 aliphatic heterocycles. The van der Waals surface area contributed by atoms with Gasteiger partial charge in [0.2, 0.25) is 0 Å². The zero-order valence-corrected chi connectivity index (χ0v) is 8.59. The first-order valence-electron chi connectivity index (χ1n) is 5.01. The van der Waals surface area contributed by atoms with Gasteiger partial charge in [-0.25, -0.2) is 0 Å².